The van der Waals surface area contributed by atoms with Crippen molar-refractivity contribution in [1.29, 1.82) is 0 Å². The summed E-state index contributed by atoms with van der Waals surface area (Å²) in [6, 6.07) is 0.394. The van der Waals surface area contributed by atoms with E-state index in [0.29, 0.717) is 6.04 Å². The quantitative estimate of drug-likeness (QED) is 0.833. The molecule has 0 radical (unpaired) electrons. The molecule has 1 fully saturated rings. The summed E-state index contributed by atoms with van der Waals surface area (Å²) < 4.78 is 5.95. The fraction of sp³-hybridized carbons (Fsp3) is 0.800. The van der Waals surface area contributed by atoms with Gasteiger partial charge in [0.1, 0.15) is 0 Å². The topological polar surface area (TPSA) is 34.2 Å². The molecule has 1 aliphatic carbocycles. The normalized spacial score (nSPS) is 19.7. The van der Waals surface area contributed by atoms with E-state index in [1.165, 1.54) is 30.7 Å². The molecule has 108 valence electrons. The Hall–Kier alpha value is -0.450. The van der Waals surface area contributed by atoms with Crippen LogP contribution in [0.2, 0.25) is 0 Å². The van der Waals surface area contributed by atoms with Gasteiger partial charge in [0.25, 0.3) is 0 Å². The van der Waals surface area contributed by atoms with E-state index in [9.17, 15) is 0 Å². The van der Waals surface area contributed by atoms with Crippen LogP contribution < -0.4 is 5.32 Å². The number of nitrogens with one attached hydrogen (secondary N) is 1. The Bertz CT molecular complexity index is 385. The zero-order chi connectivity index (χ0) is 13.7. The lowest BCUT2D eigenvalue weighted by molar-refractivity contribution is -0.0354. The molecule has 1 N–H and O–H groups in total. The van der Waals surface area contributed by atoms with Crippen molar-refractivity contribution in [2.75, 3.05) is 13.7 Å². The largest absolute Gasteiger partial charge is 0.377 e. The molecule has 0 aliphatic heterocycles. The predicted octanol–water partition coefficient (Wildman–Crippen LogP) is 3.32. The molecular weight excluding hydrogens is 256 g/mol. The summed E-state index contributed by atoms with van der Waals surface area (Å²) in [5, 5.41) is 7.07. The predicted molar refractivity (Wildman–Crippen MR) is 80.8 cm³/mol. The molecule has 2 rings (SSSR count). The van der Waals surface area contributed by atoms with Gasteiger partial charge >= 0.3 is 0 Å². The molecule has 0 bridgehead atoms. The fourth-order valence-electron chi connectivity index (χ4n) is 3.10. The van der Waals surface area contributed by atoms with Gasteiger partial charge in [0.05, 0.1) is 10.6 Å². The van der Waals surface area contributed by atoms with Crippen molar-refractivity contribution < 1.29 is 4.74 Å². The molecule has 3 nitrogen and oxygen atoms in total. The lowest BCUT2D eigenvalue weighted by atomic mass is 9.89. The molecule has 1 atom stereocenters. The summed E-state index contributed by atoms with van der Waals surface area (Å²) in [5.41, 5.74) is 1.15. The molecule has 1 unspecified atom stereocenters. The second kappa shape index (κ2) is 6.82. The fourth-order valence-corrected chi connectivity index (χ4v) is 3.92. The smallest absolute Gasteiger partial charge is 0.0944 e. The Kier molecular flexibility index (Phi) is 5.37. The number of aromatic nitrogens is 1. The third-order valence-electron chi connectivity index (χ3n) is 4.18. The summed E-state index contributed by atoms with van der Waals surface area (Å²) in [6.45, 7) is 5.34. The standard InChI is InChI=1S/C15H26N2OS/c1-4-9-16-13(10-14-17-12(2)11-19-14)15(18-3)7-5-6-8-15/h11,13,16H,4-10H2,1-3H3. The first kappa shape index (κ1) is 14.9. The maximum absolute atomic E-state index is 5.95. The minimum absolute atomic E-state index is 0.0226. The Balaban J connectivity index is 2.10. The van der Waals surface area contributed by atoms with Gasteiger partial charge in [0.15, 0.2) is 0 Å². The van der Waals surface area contributed by atoms with Gasteiger partial charge in [-0.25, -0.2) is 4.98 Å². The van der Waals surface area contributed by atoms with Crippen molar-refractivity contribution in [3.63, 3.8) is 0 Å². The summed E-state index contributed by atoms with van der Waals surface area (Å²) in [6.07, 6.45) is 7.08. The van der Waals surface area contributed by atoms with E-state index in [2.05, 4.69) is 29.5 Å². The van der Waals surface area contributed by atoms with Crippen molar-refractivity contribution in [3.8, 4) is 0 Å². The van der Waals surface area contributed by atoms with Gasteiger partial charge in [-0.15, -0.1) is 11.3 Å². The van der Waals surface area contributed by atoms with Gasteiger partial charge in [0, 0.05) is 30.6 Å². The molecular formula is C15H26N2OS. The maximum Gasteiger partial charge on any atom is 0.0944 e. The minimum Gasteiger partial charge on any atom is -0.377 e. The first-order chi connectivity index (χ1) is 9.20. The maximum atomic E-state index is 5.95. The Morgan fingerprint density at radius 2 is 2.21 bits per heavy atom. The van der Waals surface area contributed by atoms with Gasteiger partial charge in [-0.2, -0.15) is 0 Å². The number of rotatable bonds is 7. The zero-order valence-electron chi connectivity index (χ0n) is 12.4. The number of nitrogens with zero attached hydrogens (tertiary/aromatic N) is 1. The Labute approximate surface area is 120 Å². The molecule has 19 heavy (non-hydrogen) atoms. The number of thiazole rings is 1. The van der Waals surface area contributed by atoms with Crippen molar-refractivity contribution in [1.82, 2.24) is 10.3 Å². The van der Waals surface area contributed by atoms with Crippen LogP contribution in [0.4, 0.5) is 0 Å². The average Bonchev–Trinajstić information content (AvgIpc) is 3.04. The molecule has 1 heterocycles. The van der Waals surface area contributed by atoms with Crippen LogP contribution in [-0.4, -0.2) is 30.3 Å². The monoisotopic (exact) mass is 282 g/mol. The van der Waals surface area contributed by atoms with Gasteiger partial charge in [-0.1, -0.05) is 19.8 Å². The van der Waals surface area contributed by atoms with Crippen LogP contribution in [0.15, 0.2) is 5.38 Å². The Morgan fingerprint density at radius 3 is 2.74 bits per heavy atom. The van der Waals surface area contributed by atoms with Gasteiger partial charge in [-0.05, 0) is 32.7 Å². The van der Waals surface area contributed by atoms with Gasteiger partial charge < -0.3 is 10.1 Å². The highest BCUT2D eigenvalue weighted by Crippen LogP contribution is 2.37. The highest BCUT2D eigenvalue weighted by atomic mass is 32.1. The number of methoxy groups -OCH3 is 1. The highest BCUT2D eigenvalue weighted by molar-refractivity contribution is 7.09. The summed E-state index contributed by atoms with van der Waals surface area (Å²) in [5.74, 6) is 0. The van der Waals surface area contributed by atoms with Crippen molar-refractivity contribution in [2.45, 2.75) is 64.0 Å². The van der Waals surface area contributed by atoms with Crippen LogP contribution in [0.3, 0.4) is 0 Å². The van der Waals surface area contributed by atoms with E-state index < -0.39 is 0 Å². The lowest BCUT2D eigenvalue weighted by Crippen LogP contribution is -2.52. The van der Waals surface area contributed by atoms with E-state index in [1.54, 1.807) is 11.3 Å². The third-order valence-corrected chi connectivity index (χ3v) is 5.17. The van der Waals surface area contributed by atoms with Gasteiger partial charge in [0.2, 0.25) is 0 Å². The van der Waals surface area contributed by atoms with Crippen LogP contribution in [0, 0.1) is 6.92 Å². The van der Waals surface area contributed by atoms with E-state index in [1.807, 2.05) is 7.11 Å². The summed E-state index contributed by atoms with van der Waals surface area (Å²) in [7, 11) is 1.87. The van der Waals surface area contributed by atoms with E-state index in [0.717, 1.165) is 25.1 Å². The summed E-state index contributed by atoms with van der Waals surface area (Å²) in [4.78, 5) is 4.62. The number of hydrogen-bond donors (Lipinski definition) is 1. The summed E-state index contributed by atoms with van der Waals surface area (Å²) >= 11 is 1.77. The molecule has 0 aromatic carbocycles. The minimum atomic E-state index is 0.0226. The second-order valence-electron chi connectivity index (χ2n) is 5.57. The number of hydrogen-bond acceptors (Lipinski definition) is 4. The SMILES string of the molecule is CCCNC(Cc1nc(C)cs1)C1(OC)CCCC1. The molecule has 1 saturated carbocycles. The van der Waals surface area contributed by atoms with Gasteiger partial charge in [-0.3, -0.25) is 0 Å². The highest BCUT2D eigenvalue weighted by Gasteiger charge is 2.41. The van der Waals surface area contributed by atoms with Crippen LogP contribution in [0.25, 0.3) is 0 Å². The molecule has 4 heteroatoms. The second-order valence-corrected chi connectivity index (χ2v) is 6.51. The third kappa shape index (κ3) is 3.56. The molecule has 0 saturated heterocycles. The van der Waals surface area contributed by atoms with E-state index in [4.69, 9.17) is 4.74 Å². The number of ether oxygens (including phenoxy) is 1. The van der Waals surface area contributed by atoms with E-state index in [-0.39, 0.29) is 5.60 Å². The zero-order valence-corrected chi connectivity index (χ0v) is 13.2. The number of aryl methyl sites for hydroxylation is 1. The first-order valence-electron chi connectivity index (χ1n) is 7.40. The first-order valence-corrected chi connectivity index (χ1v) is 8.27. The molecule has 0 amide bonds. The van der Waals surface area contributed by atoms with Crippen LogP contribution in [0.5, 0.6) is 0 Å². The Morgan fingerprint density at radius 1 is 1.47 bits per heavy atom. The molecule has 1 aromatic rings. The van der Waals surface area contributed by atoms with Crippen molar-refractivity contribution in [2.24, 2.45) is 0 Å². The van der Waals surface area contributed by atoms with Crippen LogP contribution >= 0.6 is 11.3 Å². The lowest BCUT2D eigenvalue weighted by Gasteiger charge is -2.37. The molecule has 1 aliphatic rings. The van der Waals surface area contributed by atoms with Crippen LogP contribution in [-0.2, 0) is 11.2 Å². The van der Waals surface area contributed by atoms with Crippen LogP contribution in [0.1, 0.15) is 49.7 Å². The van der Waals surface area contributed by atoms with Crippen molar-refractivity contribution in [3.05, 3.63) is 16.1 Å². The molecule has 0 spiro atoms. The van der Waals surface area contributed by atoms with E-state index >= 15 is 0 Å². The average molecular weight is 282 g/mol. The molecule has 1 aromatic heterocycles. The van der Waals surface area contributed by atoms with Crippen molar-refractivity contribution >= 4 is 11.3 Å².